The Morgan fingerprint density at radius 3 is 1.57 bits per heavy atom. The van der Waals surface area contributed by atoms with Crippen LogP contribution >= 0.6 is 11.3 Å². The van der Waals surface area contributed by atoms with Gasteiger partial charge in [-0.05, 0) is 125 Å². The molecule has 15 rings (SSSR count). The molecule has 65 heavy (non-hydrogen) atoms. The predicted molar refractivity (Wildman–Crippen MR) is 273 cm³/mol. The fourth-order valence-electron chi connectivity index (χ4n) is 10.7. The summed E-state index contributed by atoms with van der Waals surface area (Å²) in [4.78, 5) is 0. The Balaban J connectivity index is 0.853. The Hall–Kier alpha value is -8.38. The molecule has 0 amide bonds. The highest BCUT2D eigenvalue weighted by molar-refractivity contribution is 7.26. The molecule has 0 N–H and O–H groups in total. The van der Waals surface area contributed by atoms with Crippen molar-refractivity contribution in [2.45, 2.75) is 0 Å². The van der Waals surface area contributed by atoms with Gasteiger partial charge in [0, 0.05) is 74.6 Å². The average molecular weight is 847 g/mol. The molecule has 4 nitrogen and oxygen atoms in total. The van der Waals surface area contributed by atoms with Crippen LogP contribution in [0.1, 0.15) is 0 Å². The molecule has 0 radical (unpaired) electrons. The fraction of sp³-hybridized carbons (Fsp3) is 0. The molecule has 0 spiro atoms. The van der Waals surface area contributed by atoms with E-state index in [-0.39, 0.29) is 0 Å². The number of benzene rings is 10. The zero-order valence-electron chi connectivity index (χ0n) is 34.7. The molecular weight excluding hydrogens is 813 g/mol. The molecule has 0 fully saturated rings. The van der Waals surface area contributed by atoms with Crippen LogP contribution < -0.4 is 0 Å². The quantitative estimate of drug-likeness (QED) is 0.177. The van der Waals surface area contributed by atoms with Crippen LogP contribution in [0.2, 0.25) is 0 Å². The van der Waals surface area contributed by atoms with Crippen LogP contribution in [0.4, 0.5) is 0 Å². The summed E-state index contributed by atoms with van der Waals surface area (Å²) in [6.45, 7) is 0. The summed E-state index contributed by atoms with van der Waals surface area (Å²) in [5.74, 6) is 0. The highest BCUT2D eigenvalue weighted by Crippen LogP contribution is 2.45. The minimum Gasteiger partial charge on any atom is -0.456 e. The van der Waals surface area contributed by atoms with Crippen molar-refractivity contribution in [3.63, 3.8) is 0 Å². The van der Waals surface area contributed by atoms with Gasteiger partial charge in [-0.15, -0.1) is 11.3 Å². The molecule has 0 aliphatic heterocycles. The molecule has 0 saturated heterocycles. The SMILES string of the molecule is c1ccc(-n2c3ccccc3c3c4sc5ccc(-c6ccc7oc8ccc(-n9c%10ccccc%10c%10cc(-c%11ccc%12oc%13ccccc%13c%12c%11)ccc%109)cc8c7c6)cc5c4ccc32)cc1. The third-order valence-corrected chi connectivity index (χ3v) is 14.9. The standard InChI is InChI=1S/C60H34N2O2S/c1-2-10-39(11-3-1)61-51-16-8-5-14-44(51)59-53(61)25-23-43-49-33-38(21-29-58(49)65-60(43)59)37-20-27-56-47(32-37)48-34-40(22-28-57(48)64-56)62-50-15-7-4-12-41(50)45-30-35(18-24-52(45)62)36-19-26-55-46(31-36)42-13-6-9-17-54(42)63-55/h1-34H. The first-order valence-corrected chi connectivity index (χ1v) is 22.9. The van der Waals surface area contributed by atoms with Crippen molar-refractivity contribution >= 4 is 119 Å². The highest BCUT2D eigenvalue weighted by Gasteiger charge is 2.20. The maximum atomic E-state index is 6.52. The van der Waals surface area contributed by atoms with Gasteiger partial charge in [0.05, 0.1) is 22.1 Å². The van der Waals surface area contributed by atoms with Crippen molar-refractivity contribution in [2.24, 2.45) is 0 Å². The first kappa shape index (κ1) is 35.1. The number of para-hydroxylation sites is 4. The smallest absolute Gasteiger partial charge is 0.135 e. The molecule has 0 aliphatic rings. The van der Waals surface area contributed by atoms with Gasteiger partial charge < -0.3 is 18.0 Å². The van der Waals surface area contributed by atoms with E-state index in [9.17, 15) is 0 Å². The number of aromatic nitrogens is 2. The molecule has 0 unspecified atom stereocenters. The zero-order valence-corrected chi connectivity index (χ0v) is 35.6. The van der Waals surface area contributed by atoms with Gasteiger partial charge in [0.15, 0.2) is 0 Å². The minimum absolute atomic E-state index is 0.879. The van der Waals surface area contributed by atoms with Crippen LogP contribution in [0.15, 0.2) is 215 Å². The molecule has 5 heterocycles. The van der Waals surface area contributed by atoms with Gasteiger partial charge in [0.25, 0.3) is 0 Å². The van der Waals surface area contributed by atoms with Crippen LogP contribution in [-0.4, -0.2) is 9.13 Å². The van der Waals surface area contributed by atoms with E-state index in [1.807, 2.05) is 23.5 Å². The van der Waals surface area contributed by atoms with Gasteiger partial charge in [0.2, 0.25) is 0 Å². The van der Waals surface area contributed by atoms with Gasteiger partial charge in [-0.2, -0.15) is 0 Å². The number of nitrogens with zero attached hydrogens (tertiary/aromatic N) is 2. The third kappa shape index (κ3) is 5.01. The highest BCUT2D eigenvalue weighted by atomic mass is 32.1. The molecule has 15 aromatic rings. The van der Waals surface area contributed by atoms with E-state index in [0.29, 0.717) is 0 Å². The van der Waals surface area contributed by atoms with E-state index in [4.69, 9.17) is 8.83 Å². The monoisotopic (exact) mass is 846 g/mol. The molecule has 302 valence electrons. The number of fused-ring (bicyclic) bond motifs is 16. The van der Waals surface area contributed by atoms with Crippen LogP contribution in [-0.2, 0) is 0 Å². The minimum atomic E-state index is 0.879. The van der Waals surface area contributed by atoms with Crippen LogP contribution in [0.25, 0.3) is 141 Å². The first-order valence-electron chi connectivity index (χ1n) is 22.1. The lowest BCUT2D eigenvalue weighted by Crippen LogP contribution is -1.93. The molecule has 0 atom stereocenters. The predicted octanol–water partition coefficient (Wildman–Crippen LogP) is 17.4. The molecule has 5 aromatic heterocycles. The van der Waals surface area contributed by atoms with Gasteiger partial charge >= 0.3 is 0 Å². The van der Waals surface area contributed by atoms with E-state index < -0.39 is 0 Å². The Morgan fingerprint density at radius 2 is 0.800 bits per heavy atom. The second-order valence-electron chi connectivity index (χ2n) is 17.2. The number of rotatable bonds is 4. The maximum absolute atomic E-state index is 6.52. The van der Waals surface area contributed by atoms with Crippen molar-refractivity contribution in [1.82, 2.24) is 9.13 Å². The maximum Gasteiger partial charge on any atom is 0.135 e. The van der Waals surface area contributed by atoms with Crippen LogP contribution in [0, 0.1) is 0 Å². The second kappa shape index (κ2) is 13.1. The summed E-state index contributed by atoms with van der Waals surface area (Å²) < 4.78 is 20.1. The molecule has 0 bridgehead atoms. The lowest BCUT2D eigenvalue weighted by atomic mass is 10.00. The largest absolute Gasteiger partial charge is 0.456 e. The van der Waals surface area contributed by atoms with Gasteiger partial charge in [-0.3, -0.25) is 0 Å². The van der Waals surface area contributed by atoms with E-state index in [2.05, 4.69) is 203 Å². The third-order valence-electron chi connectivity index (χ3n) is 13.7. The van der Waals surface area contributed by atoms with Crippen molar-refractivity contribution in [2.75, 3.05) is 0 Å². The second-order valence-corrected chi connectivity index (χ2v) is 18.3. The number of furan rings is 2. The normalized spacial score (nSPS) is 12.3. The van der Waals surface area contributed by atoms with E-state index in [1.54, 1.807) is 0 Å². The topological polar surface area (TPSA) is 36.1 Å². The average Bonchev–Trinajstić information content (AvgIpc) is 4.17. The van der Waals surface area contributed by atoms with E-state index in [0.717, 1.165) is 55.1 Å². The summed E-state index contributed by atoms with van der Waals surface area (Å²) in [6, 6.07) is 74.8. The zero-order chi connectivity index (χ0) is 42.3. The van der Waals surface area contributed by atoms with E-state index in [1.165, 1.54) is 86.2 Å². The van der Waals surface area contributed by atoms with Crippen molar-refractivity contribution in [3.8, 4) is 33.6 Å². The Kier molecular flexibility index (Phi) is 7.07. The van der Waals surface area contributed by atoms with Gasteiger partial charge in [0.1, 0.15) is 22.3 Å². The van der Waals surface area contributed by atoms with Gasteiger partial charge in [-0.1, -0.05) is 103 Å². The molecule has 5 heteroatoms. The van der Waals surface area contributed by atoms with Crippen molar-refractivity contribution < 1.29 is 8.83 Å². The van der Waals surface area contributed by atoms with Crippen LogP contribution in [0.5, 0.6) is 0 Å². The Morgan fingerprint density at radius 1 is 0.292 bits per heavy atom. The molecular formula is C60H34N2O2S. The van der Waals surface area contributed by atoms with Gasteiger partial charge in [-0.25, -0.2) is 0 Å². The number of hydrogen-bond acceptors (Lipinski definition) is 3. The summed E-state index contributed by atoms with van der Waals surface area (Å²) in [5.41, 5.74) is 15.3. The Bertz CT molecular complexity index is 4480. The van der Waals surface area contributed by atoms with Crippen LogP contribution in [0.3, 0.4) is 0 Å². The molecule has 10 aromatic carbocycles. The fourth-order valence-corrected chi connectivity index (χ4v) is 12.0. The van der Waals surface area contributed by atoms with Crippen molar-refractivity contribution in [3.05, 3.63) is 206 Å². The summed E-state index contributed by atoms with van der Waals surface area (Å²) in [7, 11) is 0. The summed E-state index contributed by atoms with van der Waals surface area (Å²) in [6.07, 6.45) is 0. The summed E-state index contributed by atoms with van der Waals surface area (Å²) in [5, 5.41) is 12.1. The molecule has 0 aliphatic carbocycles. The number of thiophene rings is 1. The lowest BCUT2D eigenvalue weighted by molar-refractivity contribution is 0.668. The van der Waals surface area contributed by atoms with E-state index >= 15 is 0 Å². The Labute approximate surface area is 375 Å². The number of hydrogen-bond donors (Lipinski definition) is 0. The first-order chi connectivity index (χ1) is 32.2. The lowest BCUT2D eigenvalue weighted by Gasteiger charge is -2.09. The summed E-state index contributed by atoms with van der Waals surface area (Å²) >= 11 is 1.89. The molecule has 0 saturated carbocycles. The van der Waals surface area contributed by atoms with Crippen molar-refractivity contribution in [1.29, 1.82) is 0 Å².